The summed E-state index contributed by atoms with van der Waals surface area (Å²) in [5, 5.41) is 11.1. The first-order chi connectivity index (χ1) is 13.1. The highest BCUT2D eigenvalue weighted by atomic mass is 19.1. The van der Waals surface area contributed by atoms with E-state index in [2.05, 4.69) is 20.7 Å². The molecule has 0 saturated carbocycles. The molecule has 0 saturated heterocycles. The normalized spacial score (nSPS) is 16.3. The first kappa shape index (κ1) is 16.2. The maximum atomic E-state index is 15.0. The van der Waals surface area contributed by atoms with Gasteiger partial charge in [0.25, 0.3) is 5.91 Å². The minimum Gasteiger partial charge on any atom is -0.478 e. The summed E-state index contributed by atoms with van der Waals surface area (Å²) in [6, 6.07) is 5.52. The van der Waals surface area contributed by atoms with Gasteiger partial charge in [0.15, 0.2) is 18.2 Å². The van der Waals surface area contributed by atoms with Crippen molar-refractivity contribution >= 4 is 22.5 Å². The number of hydrogen-bond donors (Lipinski definition) is 2. The third-order valence-corrected chi connectivity index (χ3v) is 4.97. The molecule has 4 heterocycles. The molecule has 0 atom stereocenters. The number of rotatable bonds is 1. The van der Waals surface area contributed by atoms with Crippen LogP contribution in [0.5, 0.6) is 5.75 Å². The number of hydrogen-bond acceptors (Lipinski definition) is 5. The summed E-state index contributed by atoms with van der Waals surface area (Å²) in [5.41, 5.74) is 4.08. The van der Waals surface area contributed by atoms with Crippen LogP contribution in [-0.4, -0.2) is 33.8 Å². The molecule has 0 aliphatic carbocycles. The molecule has 3 aromatic rings. The van der Waals surface area contributed by atoms with Crippen molar-refractivity contribution in [2.24, 2.45) is 0 Å². The lowest BCUT2D eigenvalue weighted by atomic mass is 10.0. The van der Waals surface area contributed by atoms with Gasteiger partial charge in [-0.05, 0) is 43.7 Å². The van der Waals surface area contributed by atoms with E-state index >= 15 is 0 Å². The van der Waals surface area contributed by atoms with Crippen molar-refractivity contribution in [1.29, 1.82) is 0 Å². The van der Waals surface area contributed by atoms with E-state index in [1.807, 2.05) is 23.7 Å². The van der Waals surface area contributed by atoms with E-state index in [9.17, 15) is 9.18 Å². The third kappa shape index (κ3) is 2.64. The van der Waals surface area contributed by atoms with Gasteiger partial charge in [0, 0.05) is 18.5 Å². The van der Waals surface area contributed by atoms with E-state index < -0.39 is 5.82 Å². The number of aryl methyl sites for hydroxylation is 2. The van der Waals surface area contributed by atoms with Gasteiger partial charge >= 0.3 is 0 Å². The summed E-state index contributed by atoms with van der Waals surface area (Å²) in [6.45, 7) is 4.26. The zero-order valence-electron chi connectivity index (χ0n) is 14.8. The number of halogens is 1. The highest BCUT2D eigenvalue weighted by Gasteiger charge is 2.24. The number of anilines is 1. The zero-order valence-corrected chi connectivity index (χ0v) is 14.8. The topological polar surface area (TPSA) is 81.1 Å². The molecule has 1 aromatic carbocycles. The number of nitrogens with one attached hydrogen (secondary N) is 2. The maximum Gasteiger partial charge on any atom is 0.262 e. The summed E-state index contributed by atoms with van der Waals surface area (Å²) in [6.07, 6.45) is 1.02. The highest BCUT2D eigenvalue weighted by molar-refractivity contribution is 6.00. The molecule has 2 aliphatic heterocycles. The first-order valence-corrected chi connectivity index (χ1v) is 8.94. The Morgan fingerprint density at radius 3 is 3.04 bits per heavy atom. The summed E-state index contributed by atoms with van der Waals surface area (Å²) in [7, 11) is 0. The van der Waals surface area contributed by atoms with Crippen molar-refractivity contribution in [3.05, 3.63) is 35.3 Å². The number of ether oxygens (including phenoxy) is 1. The van der Waals surface area contributed by atoms with Gasteiger partial charge in [0.1, 0.15) is 5.69 Å². The van der Waals surface area contributed by atoms with Crippen molar-refractivity contribution < 1.29 is 13.9 Å². The molecule has 8 heteroatoms. The number of pyridine rings is 1. The van der Waals surface area contributed by atoms with Crippen LogP contribution in [0, 0.1) is 12.7 Å². The van der Waals surface area contributed by atoms with Crippen LogP contribution in [0.2, 0.25) is 0 Å². The van der Waals surface area contributed by atoms with Crippen molar-refractivity contribution in [3.8, 4) is 17.1 Å². The molecule has 1 amide bonds. The monoisotopic (exact) mass is 367 g/mol. The van der Waals surface area contributed by atoms with Gasteiger partial charge in [0.2, 0.25) is 0 Å². The van der Waals surface area contributed by atoms with E-state index in [1.54, 1.807) is 6.07 Å². The fraction of sp³-hybridized carbons (Fsp3) is 0.316. The Morgan fingerprint density at radius 1 is 1.26 bits per heavy atom. The van der Waals surface area contributed by atoms with Gasteiger partial charge in [-0.1, -0.05) is 0 Å². The molecule has 5 rings (SSSR count). The number of carbonyl (C=O) groups is 1. The quantitative estimate of drug-likeness (QED) is 0.690. The molecule has 2 N–H and O–H groups in total. The molecule has 2 aromatic heterocycles. The Hall–Kier alpha value is -3.00. The van der Waals surface area contributed by atoms with Crippen LogP contribution in [0.1, 0.15) is 17.7 Å². The van der Waals surface area contributed by atoms with Crippen molar-refractivity contribution in [3.63, 3.8) is 0 Å². The molecular weight excluding hydrogens is 349 g/mol. The molecular formula is C19H18FN5O2. The van der Waals surface area contributed by atoms with E-state index in [0.29, 0.717) is 22.3 Å². The molecule has 7 nitrogen and oxygen atoms in total. The Balaban J connectivity index is 1.66. The minimum atomic E-state index is -0.496. The van der Waals surface area contributed by atoms with Gasteiger partial charge in [-0.15, -0.1) is 0 Å². The van der Waals surface area contributed by atoms with E-state index in [1.165, 1.54) is 0 Å². The third-order valence-electron chi connectivity index (χ3n) is 4.97. The lowest BCUT2D eigenvalue weighted by molar-refractivity contribution is -0.118. The molecule has 0 unspecified atom stereocenters. The average molecular weight is 367 g/mol. The molecule has 2 aliphatic rings. The lowest BCUT2D eigenvalue weighted by Gasteiger charge is -2.20. The molecule has 0 spiro atoms. The lowest BCUT2D eigenvalue weighted by Crippen LogP contribution is -2.26. The highest BCUT2D eigenvalue weighted by Crippen LogP contribution is 2.38. The standard InChI is InChI=1S/C19H18FN5O2/c1-10-5-12(13-6-11-8-21-3-2-4-25(11)24-13)22-14-7-15-19(18(20)17(10)14)27-9-16(26)23-15/h5-7,21H,2-4,8-9H2,1H3,(H,23,26). The summed E-state index contributed by atoms with van der Waals surface area (Å²) in [4.78, 5) is 16.2. The minimum absolute atomic E-state index is 0.0690. The number of fused-ring (bicyclic) bond motifs is 3. The second kappa shape index (κ2) is 6.02. The smallest absolute Gasteiger partial charge is 0.262 e. The van der Waals surface area contributed by atoms with Crippen LogP contribution < -0.4 is 15.4 Å². The Bertz CT molecular complexity index is 1070. The van der Waals surface area contributed by atoms with E-state index in [4.69, 9.17) is 4.74 Å². The van der Waals surface area contributed by atoms with Crippen LogP contribution >= 0.6 is 0 Å². The predicted octanol–water partition coefficient (Wildman–Crippen LogP) is 2.37. The second-order valence-electron chi connectivity index (χ2n) is 6.90. The van der Waals surface area contributed by atoms with Gasteiger partial charge in [-0.25, -0.2) is 9.37 Å². The summed E-state index contributed by atoms with van der Waals surface area (Å²) < 4.78 is 22.2. The Morgan fingerprint density at radius 2 is 2.15 bits per heavy atom. The van der Waals surface area contributed by atoms with Crippen molar-refractivity contribution in [1.82, 2.24) is 20.1 Å². The molecule has 0 radical (unpaired) electrons. The molecule has 0 bridgehead atoms. The Kier molecular flexibility index (Phi) is 3.61. The van der Waals surface area contributed by atoms with E-state index in [0.717, 1.165) is 43.0 Å². The van der Waals surface area contributed by atoms with Crippen LogP contribution in [0.15, 0.2) is 18.2 Å². The summed E-state index contributed by atoms with van der Waals surface area (Å²) in [5.74, 6) is -0.733. The molecule has 27 heavy (non-hydrogen) atoms. The fourth-order valence-electron chi connectivity index (χ4n) is 3.70. The largest absolute Gasteiger partial charge is 0.478 e. The maximum absolute atomic E-state index is 15.0. The first-order valence-electron chi connectivity index (χ1n) is 8.94. The number of carbonyl (C=O) groups excluding carboxylic acids is 1. The van der Waals surface area contributed by atoms with Crippen LogP contribution in [0.3, 0.4) is 0 Å². The average Bonchev–Trinajstić information content (AvgIpc) is 2.92. The SMILES string of the molecule is Cc1cc(-c2cc3n(n2)CCCNC3)nc2cc3c(c(F)c12)OCC(=O)N3. The van der Waals surface area contributed by atoms with Crippen LogP contribution in [0.4, 0.5) is 10.1 Å². The molecule has 138 valence electrons. The van der Waals surface area contributed by atoms with Crippen molar-refractivity contribution in [2.75, 3.05) is 18.5 Å². The summed E-state index contributed by atoms with van der Waals surface area (Å²) >= 11 is 0. The zero-order chi connectivity index (χ0) is 18.5. The second-order valence-corrected chi connectivity index (χ2v) is 6.90. The number of nitrogens with zero attached hydrogens (tertiary/aromatic N) is 3. The van der Waals surface area contributed by atoms with Gasteiger partial charge < -0.3 is 15.4 Å². The van der Waals surface area contributed by atoms with Gasteiger partial charge in [-0.3, -0.25) is 9.48 Å². The Labute approximate surface area is 154 Å². The van der Waals surface area contributed by atoms with Gasteiger partial charge in [0.05, 0.1) is 22.6 Å². The van der Waals surface area contributed by atoms with Crippen molar-refractivity contribution in [2.45, 2.75) is 26.4 Å². The predicted molar refractivity (Wildman–Crippen MR) is 98.1 cm³/mol. The van der Waals surface area contributed by atoms with Crippen LogP contribution in [-0.2, 0) is 17.9 Å². The fourth-order valence-corrected chi connectivity index (χ4v) is 3.70. The number of benzene rings is 1. The van der Waals surface area contributed by atoms with E-state index in [-0.39, 0.29) is 18.3 Å². The van der Waals surface area contributed by atoms with Gasteiger partial charge in [-0.2, -0.15) is 5.10 Å². The number of aromatic nitrogens is 3. The van der Waals surface area contributed by atoms with Crippen LogP contribution in [0.25, 0.3) is 22.3 Å². The molecule has 0 fully saturated rings. The number of amides is 1.